The molecule has 0 N–H and O–H groups in total. The molecule has 2 unspecified atom stereocenters. The van der Waals surface area contributed by atoms with Gasteiger partial charge in [0, 0.05) is 29.3 Å². The molecule has 46 heavy (non-hydrogen) atoms. The lowest BCUT2D eigenvalue weighted by atomic mass is 9.95. The molecule has 1 aliphatic heterocycles. The number of amidine groups is 1. The highest BCUT2D eigenvalue weighted by Crippen LogP contribution is 2.36. The Morgan fingerprint density at radius 3 is 2.48 bits per heavy atom. The van der Waals surface area contributed by atoms with Crippen LogP contribution >= 0.6 is 11.8 Å². The molecule has 1 aliphatic rings. The third-order valence-electron chi connectivity index (χ3n) is 7.37. The van der Waals surface area contributed by atoms with Crippen LogP contribution in [0, 0.1) is 6.92 Å². The smallest absolute Gasteiger partial charge is 0.406 e. The molecule has 4 aromatic rings. The van der Waals surface area contributed by atoms with Gasteiger partial charge in [-0.25, -0.2) is 23.8 Å². The molecule has 0 saturated carbocycles. The third kappa shape index (κ3) is 7.82. The summed E-state index contributed by atoms with van der Waals surface area (Å²) in [5.41, 5.74) is 4.72. The number of amides is 2. The normalized spacial score (nSPS) is 17.2. The Kier molecular flexibility index (Phi) is 9.90. The van der Waals surface area contributed by atoms with Crippen LogP contribution in [-0.2, 0) is 0 Å². The topological polar surface area (TPSA) is 85.0 Å². The number of carbonyl (C=O) groups is 1. The molecule has 2 atom stereocenters. The van der Waals surface area contributed by atoms with E-state index in [0.29, 0.717) is 22.2 Å². The predicted molar refractivity (Wildman–Crippen MR) is 173 cm³/mol. The van der Waals surface area contributed by atoms with Crippen molar-refractivity contribution in [1.29, 1.82) is 0 Å². The summed E-state index contributed by atoms with van der Waals surface area (Å²) in [7, 11) is 0. The van der Waals surface area contributed by atoms with E-state index in [9.17, 15) is 18.0 Å². The largest absolute Gasteiger partial charge is 0.573 e. The fourth-order valence-electron chi connectivity index (χ4n) is 5.22. The zero-order valence-electron chi connectivity index (χ0n) is 25.6. The standard InChI is InChI=1S/C33H32F4N6O2S/c1-20(2)29-21(3)6-5-7-28(29)43-22(4)16-17-46-32(43)40-31(44)38-18-27(34)23-8-10-24(11-9-23)30-39-19-42(41-30)25-12-14-26(15-13-25)45-33(35,36)37/h5-15,18-20,22,27H,16-17H2,1-4H3. The molecule has 13 heteroatoms. The van der Waals surface area contributed by atoms with E-state index in [1.807, 2.05) is 12.1 Å². The van der Waals surface area contributed by atoms with Crippen molar-refractivity contribution in [3.8, 4) is 22.8 Å². The second-order valence-electron chi connectivity index (χ2n) is 11.1. The molecular weight excluding hydrogens is 620 g/mol. The Morgan fingerprint density at radius 1 is 1.09 bits per heavy atom. The minimum Gasteiger partial charge on any atom is -0.406 e. The molecular formula is C33H32F4N6O2S. The van der Waals surface area contributed by atoms with E-state index in [2.05, 4.69) is 63.5 Å². The summed E-state index contributed by atoms with van der Waals surface area (Å²) in [5.74, 6) is 1.07. The number of aliphatic imine (C=N–C) groups is 2. The van der Waals surface area contributed by atoms with Gasteiger partial charge in [0.25, 0.3) is 0 Å². The first-order chi connectivity index (χ1) is 21.9. The van der Waals surface area contributed by atoms with Gasteiger partial charge in [0.15, 0.2) is 17.2 Å². The number of aryl methyl sites for hydroxylation is 1. The Labute approximate surface area is 268 Å². The van der Waals surface area contributed by atoms with Crippen LogP contribution in [-0.4, -0.2) is 50.3 Å². The maximum atomic E-state index is 15.1. The Hall–Kier alpha value is -4.52. The highest BCUT2D eigenvalue weighted by molar-refractivity contribution is 8.14. The fourth-order valence-corrected chi connectivity index (χ4v) is 6.42. The summed E-state index contributed by atoms with van der Waals surface area (Å²) >= 11 is 1.48. The molecule has 2 heterocycles. The molecule has 0 aliphatic carbocycles. The first-order valence-corrected chi connectivity index (χ1v) is 15.6. The average molecular weight is 653 g/mol. The van der Waals surface area contributed by atoms with E-state index in [0.717, 1.165) is 24.1 Å². The van der Waals surface area contributed by atoms with Gasteiger partial charge in [-0.3, -0.25) is 0 Å². The molecule has 0 spiro atoms. The summed E-state index contributed by atoms with van der Waals surface area (Å²) in [4.78, 5) is 27.2. The van der Waals surface area contributed by atoms with Crippen LogP contribution in [0.3, 0.4) is 0 Å². The minimum atomic E-state index is -4.78. The number of anilines is 1. The lowest BCUT2D eigenvalue weighted by molar-refractivity contribution is -0.274. The number of rotatable bonds is 7. The van der Waals surface area contributed by atoms with Crippen LogP contribution in [0.15, 0.2) is 83.0 Å². The van der Waals surface area contributed by atoms with E-state index in [4.69, 9.17) is 0 Å². The molecule has 0 radical (unpaired) electrons. The summed E-state index contributed by atoms with van der Waals surface area (Å²) < 4.78 is 57.6. The molecule has 5 rings (SSSR count). The van der Waals surface area contributed by atoms with E-state index in [1.165, 1.54) is 70.3 Å². The van der Waals surface area contributed by atoms with Crippen molar-refractivity contribution in [2.24, 2.45) is 9.98 Å². The van der Waals surface area contributed by atoms with Crippen LogP contribution in [0.4, 0.5) is 28.0 Å². The van der Waals surface area contributed by atoms with Gasteiger partial charge in [-0.15, -0.1) is 18.3 Å². The Morgan fingerprint density at radius 2 is 1.80 bits per heavy atom. The number of urea groups is 1. The lowest BCUT2D eigenvalue weighted by Gasteiger charge is -2.37. The van der Waals surface area contributed by atoms with Crippen LogP contribution in [0.2, 0.25) is 0 Å². The molecule has 2 amide bonds. The van der Waals surface area contributed by atoms with Gasteiger partial charge in [0.2, 0.25) is 0 Å². The second-order valence-corrected chi connectivity index (χ2v) is 12.1. The van der Waals surface area contributed by atoms with Crippen LogP contribution in [0.5, 0.6) is 5.75 Å². The number of thioether (sulfide) groups is 1. The molecule has 240 valence electrons. The number of nitrogens with zero attached hydrogens (tertiary/aromatic N) is 6. The number of hydrogen-bond acceptors (Lipinski definition) is 5. The maximum Gasteiger partial charge on any atom is 0.573 e. The number of hydrogen-bond donors (Lipinski definition) is 0. The molecule has 3 aromatic carbocycles. The molecule has 1 fully saturated rings. The maximum absolute atomic E-state index is 15.1. The van der Waals surface area contributed by atoms with Crippen molar-refractivity contribution in [2.75, 3.05) is 10.7 Å². The van der Waals surface area contributed by atoms with Crippen molar-refractivity contribution in [3.05, 3.63) is 89.7 Å². The van der Waals surface area contributed by atoms with Crippen LogP contribution < -0.4 is 9.64 Å². The first-order valence-electron chi connectivity index (χ1n) is 14.6. The number of halogens is 4. The Balaban J connectivity index is 1.26. The predicted octanol–water partition coefficient (Wildman–Crippen LogP) is 8.85. The van der Waals surface area contributed by atoms with Gasteiger partial charge >= 0.3 is 12.4 Å². The van der Waals surface area contributed by atoms with E-state index in [-0.39, 0.29) is 23.3 Å². The van der Waals surface area contributed by atoms with E-state index >= 15 is 4.39 Å². The average Bonchev–Trinajstić information content (AvgIpc) is 3.50. The second kappa shape index (κ2) is 13.9. The van der Waals surface area contributed by atoms with Gasteiger partial charge in [0.05, 0.1) is 5.69 Å². The molecule has 1 aromatic heterocycles. The fraction of sp³-hybridized carbons (Fsp3) is 0.303. The SMILES string of the molecule is Cc1cccc(N2C(=NC(=O)N=CC(F)c3ccc(-c4ncn(-c5ccc(OC(F)(F)F)cc5)n4)cc3)SCCC2C)c1C(C)C. The van der Waals surface area contributed by atoms with Crippen LogP contribution in [0.1, 0.15) is 56.0 Å². The summed E-state index contributed by atoms with van der Waals surface area (Å²) in [5, 5.41) is 4.90. The molecule has 8 nitrogen and oxygen atoms in total. The van der Waals surface area contributed by atoms with E-state index < -0.39 is 18.6 Å². The number of carbonyl (C=O) groups excluding carboxylic acids is 1. The van der Waals surface area contributed by atoms with Crippen molar-refractivity contribution < 1.29 is 27.1 Å². The summed E-state index contributed by atoms with van der Waals surface area (Å²) in [6.07, 6.45) is -3.15. The summed E-state index contributed by atoms with van der Waals surface area (Å²) in [6, 6.07) is 17.0. The van der Waals surface area contributed by atoms with Crippen molar-refractivity contribution in [3.63, 3.8) is 0 Å². The first kappa shape index (κ1) is 32.9. The summed E-state index contributed by atoms with van der Waals surface area (Å²) in [6.45, 7) is 8.46. The Bertz CT molecular complexity index is 1740. The van der Waals surface area contributed by atoms with Gasteiger partial charge in [-0.2, -0.15) is 4.99 Å². The van der Waals surface area contributed by atoms with Gasteiger partial charge in [0.1, 0.15) is 12.1 Å². The zero-order chi connectivity index (χ0) is 33.0. The van der Waals surface area contributed by atoms with Crippen LogP contribution in [0.25, 0.3) is 17.1 Å². The number of aromatic nitrogens is 3. The molecule has 0 bridgehead atoms. The van der Waals surface area contributed by atoms with Gasteiger partial charge < -0.3 is 9.64 Å². The van der Waals surface area contributed by atoms with Gasteiger partial charge in [-0.1, -0.05) is 62.0 Å². The van der Waals surface area contributed by atoms with Crippen molar-refractivity contribution in [1.82, 2.24) is 14.8 Å². The quantitative estimate of drug-likeness (QED) is 0.147. The highest BCUT2D eigenvalue weighted by Gasteiger charge is 2.31. The van der Waals surface area contributed by atoms with E-state index in [1.54, 1.807) is 12.1 Å². The lowest BCUT2D eigenvalue weighted by Crippen LogP contribution is -2.42. The minimum absolute atomic E-state index is 0.128. The zero-order valence-corrected chi connectivity index (χ0v) is 26.4. The highest BCUT2D eigenvalue weighted by atomic mass is 32.2. The number of ether oxygens (including phenoxy) is 1. The number of alkyl halides is 4. The third-order valence-corrected chi connectivity index (χ3v) is 8.36. The van der Waals surface area contributed by atoms with Gasteiger partial charge in [-0.05, 0) is 73.2 Å². The molecule has 1 saturated heterocycles. The van der Waals surface area contributed by atoms with Crippen molar-refractivity contribution in [2.45, 2.75) is 58.6 Å². The van der Waals surface area contributed by atoms with Crippen molar-refractivity contribution >= 4 is 34.9 Å². The monoisotopic (exact) mass is 652 g/mol. The number of benzene rings is 3.